The summed E-state index contributed by atoms with van der Waals surface area (Å²) in [5.41, 5.74) is 3.78. The maximum Gasteiger partial charge on any atom is 0.276 e. The van der Waals surface area contributed by atoms with E-state index in [1.54, 1.807) is 5.01 Å². The maximum atomic E-state index is 13.3. The molecule has 1 amide bonds. The third-order valence-corrected chi connectivity index (χ3v) is 7.43. The van der Waals surface area contributed by atoms with Gasteiger partial charge in [0.05, 0.1) is 5.36 Å². The average molecular weight is 557 g/mol. The summed E-state index contributed by atoms with van der Waals surface area (Å²) in [6.45, 7) is 2.06. The van der Waals surface area contributed by atoms with Gasteiger partial charge in [-0.25, -0.2) is 10.0 Å². The standard InChI is InChI=1S/C28H21BrN4O2S/c1-17-9-11-18(12-10-17)16-36-28-31-27(34)25-21-7-2-3-8-22(21)30-26(33(25)32-28)24-14-13-23(35-24)19-5-4-6-20(29)15-19/h2-15,26H,16H2,1H3,(H,31,32,34). The second-order valence-electron chi connectivity index (χ2n) is 8.56. The zero-order valence-corrected chi connectivity index (χ0v) is 21.7. The average Bonchev–Trinajstić information content (AvgIpc) is 3.38. The van der Waals surface area contributed by atoms with E-state index in [0.717, 1.165) is 31.9 Å². The van der Waals surface area contributed by atoms with Crippen molar-refractivity contribution in [2.45, 2.75) is 18.8 Å². The van der Waals surface area contributed by atoms with Gasteiger partial charge in [0.15, 0.2) is 10.9 Å². The quantitative estimate of drug-likeness (QED) is 0.380. The molecule has 6 rings (SSSR count). The Kier molecular flexibility index (Phi) is 5.99. The fraction of sp³-hybridized carbons (Fsp3) is 0.107. The first kappa shape index (κ1) is 22.8. The van der Waals surface area contributed by atoms with Crippen LogP contribution in [0.2, 0.25) is 0 Å². The van der Waals surface area contributed by atoms with Crippen LogP contribution in [-0.2, 0) is 10.5 Å². The molecule has 6 nitrogen and oxygen atoms in total. The molecule has 0 radical (unpaired) electrons. The van der Waals surface area contributed by atoms with Crippen molar-refractivity contribution in [3.05, 3.63) is 117 Å². The number of carbonyl (C=O) groups is 1. The fourth-order valence-electron chi connectivity index (χ4n) is 4.20. The minimum absolute atomic E-state index is 0.206. The summed E-state index contributed by atoms with van der Waals surface area (Å²) in [5, 5.41) is 11.5. The molecule has 2 aliphatic rings. The summed E-state index contributed by atoms with van der Waals surface area (Å²) in [4.78, 5) is 18.3. The normalized spacial score (nSPS) is 16.6. The third-order valence-electron chi connectivity index (χ3n) is 6.00. The first-order chi connectivity index (χ1) is 17.5. The van der Waals surface area contributed by atoms with Crippen LogP contribution < -0.4 is 15.9 Å². The minimum Gasteiger partial charge on any atom is -0.457 e. The highest BCUT2D eigenvalue weighted by atomic mass is 79.9. The summed E-state index contributed by atoms with van der Waals surface area (Å²) in [5.74, 6) is 1.82. The van der Waals surface area contributed by atoms with E-state index in [2.05, 4.69) is 52.4 Å². The Morgan fingerprint density at radius 2 is 1.86 bits per heavy atom. The summed E-state index contributed by atoms with van der Waals surface area (Å²) in [6, 6.07) is 27.7. The number of para-hydroxylation sites is 1. The SMILES string of the molecule is Cc1ccc(CSC2=NN3C(=c4ccccc4=NC3c3ccc(-c4cccc(Br)c4)o3)C(=O)N2)cc1. The summed E-state index contributed by atoms with van der Waals surface area (Å²) >= 11 is 5.00. The number of nitrogens with zero attached hydrogens (tertiary/aromatic N) is 3. The molecule has 3 aromatic carbocycles. The number of furan rings is 1. The zero-order valence-electron chi connectivity index (χ0n) is 19.3. The smallest absolute Gasteiger partial charge is 0.276 e. The highest BCUT2D eigenvalue weighted by Gasteiger charge is 2.36. The van der Waals surface area contributed by atoms with Crippen LogP contribution in [0.25, 0.3) is 17.0 Å². The number of nitrogens with one attached hydrogen (secondary N) is 1. The molecule has 1 atom stereocenters. The van der Waals surface area contributed by atoms with Crippen LogP contribution in [0.1, 0.15) is 23.1 Å². The van der Waals surface area contributed by atoms with E-state index >= 15 is 0 Å². The van der Waals surface area contributed by atoms with Gasteiger partial charge < -0.3 is 4.42 Å². The number of halogens is 1. The molecule has 0 bridgehead atoms. The maximum absolute atomic E-state index is 13.3. The van der Waals surface area contributed by atoms with E-state index in [-0.39, 0.29) is 5.91 Å². The van der Waals surface area contributed by atoms with Crippen LogP contribution in [0.5, 0.6) is 0 Å². The van der Waals surface area contributed by atoms with E-state index in [1.165, 1.54) is 17.3 Å². The summed E-state index contributed by atoms with van der Waals surface area (Å²) in [7, 11) is 0. The molecule has 0 fully saturated rings. The van der Waals surface area contributed by atoms with Gasteiger partial charge in [0.1, 0.15) is 11.5 Å². The lowest BCUT2D eigenvalue weighted by atomic mass is 10.1. The molecule has 0 saturated heterocycles. The van der Waals surface area contributed by atoms with Crippen LogP contribution in [0, 0.1) is 6.92 Å². The largest absolute Gasteiger partial charge is 0.457 e. The van der Waals surface area contributed by atoms with Crippen molar-refractivity contribution in [1.29, 1.82) is 0 Å². The molecular weight excluding hydrogens is 536 g/mol. The van der Waals surface area contributed by atoms with Gasteiger partial charge in [-0.1, -0.05) is 87.9 Å². The van der Waals surface area contributed by atoms with Crippen molar-refractivity contribution < 1.29 is 9.21 Å². The van der Waals surface area contributed by atoms with Gasteiger partial charge >= 0.3 is 0 Å². The molecule has 36 heavy (non-hydrogen) atoms. The number of thioether (sulfide) groups is 1. The zero-order chi connectivity index (χ0) is 24.6. The van der Waals surface area contributed by atoms with Gasteiger partial charge in [0, 0.05) is 21.0 Å². The van der Waals surface area contributed by atoms with E-state index in [1.807, 2.05) is 60.7 Å². The summed E-state index contributed by atoms with van der Waals surface area (Å²) < 4.78 is 7.23. The Hall–Kier alpha value is -3.62. The number of amides is 1. The van der Waals surface area contributed by atoms with Gasteiger partial charge in [0.2, 0.25) is 6.17 Å². The monoisotopic (exact) mass is 556 g/mol. The number of rotatable bonds is 4. The van der Waals surface area contributed by atoms with Crippen LogP contribution >= 0.6 is 27.7 Å². The number of benzene rings is 3. The Morgan fingerprint density at radius 3 is 2.69 bits per heavy atom. The van der Waals surface area contributed by atoms with Crippen LogP contribution in [0.3, 0.4) is 0 Å². The third kappa shape index (κ3) is 4.38. The van der Waals surface area contributed by atoms with Crippen molar-refractivity contribution in [3.63, 3.8) is 0 Å². The lowest BCUT2D eigenvalue weighted by Gasteiger charge is -2.32. The Morgan fingerprint density at radius 1 is 1.03 bits per heavy atom. The first-order valence-corrected chi connectivity index (χ1v) is 13.2. The number of fused-ring (bicyclic) bond motifs is 2. The second-order valence-corrected chi connectivity index (χ2v) is 10.4. The van der Waals surface area contributed by atoms with Gasteiger partial charge in [-0.3, -0.25) is 10.1 Å². The van der Waals surface area contributed by atoms with Gasteiger partial charge in [0.25, 0.3) is 5.91 Å². The lowest BCUT2D eigenvalue weighted by molar-refractivity contribution is -0.116. The minimum atomic E-state index is -0.600. The molecule has 1 unspecified atom stereocenters. The van der Waals surface area contributed by atoms with Crippen molar-refractivity contribution in [1.82, 2.24) is 10.3 Å². The lowest BCUT2D eigenvalue weighted by Crippen LogP contribution is -2.50. The van der Waals surface area contributed by atoms with Crippen LogP contribution in [0.4, 0.5) is 0 Å². The molecule has 4 aromatic rings. The number of aryl methyl sites for hydroxylation is 1. The fourth-order valence-corrected chi connectivity index (χ4v) is 5.41. The number of carbonyl (C=O) groups excluding carboxylic acids is 1. The number of hydrogen-bond acceptors (Lipinski definition) is 6. The Labute approximate surface area is 220 Å². The second kappa shape index (κ2) is 9.44. The molecule has 3 heterocycles. The van der Waals surface area contributed by atoms with Crippen LogP contribution in [0.15, 0.2) is 104 Å². The van der Waals surface area contributed by atoms with Crippen molar-refractivity contribution in [2.24, 2.45) is 10.1 Å². The van der Waals surface area contributed by atoms with E-state index in [9.17, 15) is 4.79 Å². The topological polar surface area (TPSA) is 70.2 Å². The summed E-state index contributed by atoms with van der Waals surface area (Å²) in [6.07, 6.45) is -0.600. The predicted molar refractivity (Wildman–Crippen MR) is 145 cm³/mol. The highest BCUT2D eigenvalue weighted by molar-refractivity contribution is 9.10. The van der Waals surface area contributed by atoms with Crippen LogP contribution in [-0.4, -0.2) is 16.1 Å². The van der Waals surface area contributed by atoms with E-state index in [0.29, 0.717) is 22.4 Å². The molecule has 0 aliphatic carbocycles. The Balaban J connectivity index is 1.38. The number of amidine groups is 1. The molecule has 178 valence electrons. The van der Waals surface area contributed by atoms with Crippen molar-refractivity contribution in [2.75, 3.05) is 0 Å². The Bertz CT molecular complexity index is 1630. The molecule has 2 aliphatic heterocycles. The molecule has 1 N–H and O–H groups in total. The molecule has 1 aromatic heterocycles. The molecule has 0 spiro atoms. The molecule has 8 heteroatoms. The molecule has 0 saturated carbocycles. The predicted octanol–water partition coefficient (Wildman–Crippen LogP) is 5.09. The van der Waals surface area contributed by atoms with Crippen molar-refractivity contribution in [3.8, 4) is 11.3 Å². The number of hydrazone groups is 1. The highest BCUT2D eigenvalue weighted by Crippen LogP contribution is 2.34. The first-order valence-electron chi connectivity index (χ1n) is 11.5. The van der Waals surface area contributed by atoms with E-state index in [4.69, 9.17) is 14.5 Å². The van der Waals surface area contributed by atoms with Gasteiger partial charge in [-0.2, -0.15) is 0 Å². The van der Waals surface area contributed by atoms with Gasteiger partial charge in [-0.15, -0.1) is 5.10 Å². The van der Waals surface area contributed by atoms with Gasteiger partial charge in [-0.05, 0) is 42.8 Å². The van der Waals surface area contributed by atoms with E-state index < -0.39 is 6.17 Å². The molecular formula is C28H21BrN4O2S. The van der Waals surface area contributed by atoms with Crippen molar-refractivity contribution >= 4 is 44.5 Å². The number of hydrogen-bond donors (Lipinski definition) is 1.